The molecule has 4 nitrogen and oxygen atoms in total. The van der Waals surface area contributed by atoms with Crippen LogP contribution in [0, 0.1) is 6.92 Å². The molecule has 1 fully saturated rings. The summed E-state index contributed by atoms with van der Waals surface area (Å²) < 4.78 is 5.69. The average Bonchev–Trinajstić information content (AvgIpc) is 2.73. The van der Waals surface area contributed by atoms with Crippen LogP contribution in [0.5, 0.6) is 5.75 Å². The summed E-state index contributed by atoms with van der Waals surface area (Å²) in [6.45, 7) is 1.94. The number of nitrogens with zero attached hydrogens (tertiary/aromatic N) is 1. The summed E-state index contributed by atoms with van der Waals surface area (Å²) in [4.78, 5) is 16.9. The minimum Gasteiger partial charge on any atom is -0.484 e. The monoisotopic (exact) mass is 374 g/mol. The Bertz CT molecular complexity index is 960. The van der Waals surface area contributed by atoms with Gasteiger partial charge in [0.1, 0.15) is 5.75 Å². The smallest absolute Gasteiger partial charge is 0.262 e. The summed E-state index contributed by atoms with van der Waals surface area (Å²) in [5, 5.41) is 3.86. The van der Waals surface area contributed by atoms with E-state index in [-0.39, 0.29) is 12.5 Å². The van der Waals surface area contributed by atoms with Crippen molar-refractivity contribution in [2.75, 3.05) is 11.9 Å². The van der Waals surface area contributed by atoms with Crippen LogP contribution in [0.15, 0.2) is 54.6 Å². The molecule has 1 aliphatic carbocycles. The Hall–Kier alpha value is -2.88. The van der Waals surface area contributed by atoms with Crippen molar-refractivity contribution in [2.24, 2.45) is 0 Å². The largest absolute Gasteiger partial charge is 0.484 e. The van der Waals surface area contributed by atoms with Crippen LogP contribution in [0.3, 0.4) is 0 Å². The summed E-state index contributed by atoms with van der Waals surface area (Å²) in [7, 11) is 0. The molecule has 1 aromatic heterocycles. The molecule has 3 aromatic rings. The van der Waals surface area contributed by atoms with E-state index in [0.29, 0.717) is 5.92 Å². The molecule has 0 saturated heterocycles. The Morgan fingerprint density at radius 1 is 1.04 bits per heavy atom. The van der Waals surface area contributed by atoms with Crippen LogP contribution in [0.2, 0.25) is 0 Å². The Balaban J connectivity index is 1.36. The van der Waals surface area contributed by atoms with E-state index in [1.807, 2.05) is 49.4 Å². The first-order valence-electron chi connectivity index (χ1n) is 10.1. The first-order chi connectivity index (χ1) is 13.7. The van der Waals surface area contributed by atoms with Gasteiger partial charge >= 0.3 is 0 Å². The number of hydrogen-bond acceptors (Lipinski definition) is 3. The van der Waals surface area contributed by atoms with Crippen molar-refractivity contribution in [1.82, 2.24) is 4.98 Å². The van der Waals surface area contributed by atoms with E-state index >= 15 is 0 Å². The zero-order valence-electron chi connectivity index (χ0n) is 16.3. The summed E-state index contributed by atoms with van der Waals surface area (Å²) in [5.41, 5.74) is 3.97. The highest BCUT2D eigenvalue weighted by molar-refractivity contribution is 6.01. The van der Waals surface area contributed by atoms with Gasteiger partial charge in [0.15, 0.2) is 6.61 Å². The quantitative estimate of drug-likeness (QED) is 0.632. The fraction of sp³-hybridized carbons (Fsp3) is 0.333. The second-order valence-corrected chi connectivity index (χ2v) is 7.57. The highest BCUT2D eigenvalue weighted by atomic mass is 16.5. The zero-order chi connectivity index (χ0) is 19.3. The van der Waals surface area contributed by atoms with E-state index in [2.05, 4.69) is 22.4 Å². The van der Waals surface area contributed by atoms with Gasteiger partial charge in [0, 0.05) is 11.1 Å². The van der Waals surface area contributed by atoms with E-state index in [9.17, 15) is 4.79 Å². The molecular weight excluding hydrogens is 348 g/mol. The van der Waals surface area contributed by atoms with Crippen LogP contribution in [0.1, 0.15) is 49.3 Å². The average molecular weight is 374 g/mol. The second-order valence-electron chi connectivity index (χ2n) is 7.57. The van der Waals surface area contributed by atoms with Crippen LogP contribution in [-0.4, -0.2) is 17.5 Å². The molecular formula is C24H26N2O2. The van der Waals surface area contributed by atoms with Gasteiger partial charge in [-0.3, -0.25) is 9.78 Å². The van der Waals surface area contributed by atoms with Crippen LogP contribution in [0.25, 0.3) is 10.9 Å². The lowest BCUT2D eigenvalue weighted by atomic mass is 9.84. The maximum absolute atomic E-state index is 12.4. The van der Waals surface area contributed by atoms with Crippen molar-refractivity contribution in [1.29, 1.82) is 0 Å². The van der Waals surface area contributed by atoms with Crippen LogP contribution >= 0.6 is 0 Å². The van der Waals surface area contributed by atoms with Gasteiger partial charge in [-0.15, -0.1) is 0 Å². The number of ether oxygens (including phenoxy) is 1. The standard InChI is InChI=1S/C24H26N2O2/c1-17-10-15-21-22(25-17)8-5-9-23(21)26-24(27)16-28-20-13-11-19(12-14-20)18-6-3-2-4-7-18/h5,8-15,18H,2-4,6-7,16H2,1H3,(H,26,27). The van der Waals surface area contributed by atoms with Gasteiger partial charge in [-0.05, 0) is 67.6 Å². The number of anilines is 1. The molecule has 144 valence electrons. The summed E-state index contributed by atoms with van der Waals surface area (Å²) in [6.07, 6.45) is 6.57. The van der Waals surface area contributed by atoms with Gasteiger partial charge in [-0.1, -0.05) is 37.5 Å². The first kappa shape index (κ1) is 18.5. The lowest BCUT2D eigenvalue weighted by Crippen LogP contribution is -2.20. The number of pyridine rings is 1. The Labute approximate surface area is 165 Å². The molecule has 0 spiro atoms. The van der Waals surface area contributed by atoms with Crippen LogP contribution in [0.4, 0.5) is 5.69 Å². The second kappa shape index (κ2) is 8.42. The highest BCUT2D eigenvalue weighted by Gasteiger charge is 2.15. The molecule has 0 atom stereocenters. The third-order valence-electron chi connectivity index (χ3n) is 5.47. The predicted molar refractivity (Wildman–Crippen MR) is 113 cm³/mol. The fourth-order valence-electron chi connectivity index (χ4n) is 3.97. The van der Waals surface area contributed by atoms with Crippen LogP contribution < -0.4 is 10.1 Å². The molecule has 0 aliphatic heterocycles. The van der Waals surface area contributed by atoms with Gasteiger partial charge in [-0.2, -0.15) is 0 Å². The third kappa shape index (κ3) is 4.33. The number of rotatable bonds is 5. The Morgan fingerprint density at radius 2 is 1.82 bits per heavy atom. The number of amides is 1. The van der Waals surface area contributed by atoms with Crippen LogP contribution in [-0.2, 0) is 4.79 Å². The van der Waals surface area contributed by atoms with Crippen molar-refractivity contribution in [3.8, 4) is 5.75 Å². The minimum atomic E-state index is -0.176. The topological polar surface area (TPSA) is 51.2 Å². The molecule has 4 rings (SSSR count). The van der Waals surface area contributed by atoms with Crippen molar-refractivity contribution in [3.63, 3.8) is 0 Å². The molecule has 1 heterocycles. The Kier molecular flexibility index (Phi) is 5.56. The molecule has 0 bridgehead atoms. The van der Waals surface area contributed by atoms with Crippen molar-refractivity contribution >= 4 is 22.5 Å². The summed E-state index contributed by atoms with van der Waals surface area (Å²) in [6, 6.07) is 17.9. The van der Waals surface area contributed by atoms with Gasteiger partial charge in [0.05, 0.1) is 11.2 Å². The maximum Gasteiger partial charge on any atom is 0.262 e. The fourth-order valence-corrected chi connectivity index (χ4v) is 3.97. The van der Waals surface area contributed by atoms with E-state index < -0.39 is 0 Å². The number of hydrogen-bond donors (Lipinski definition) is 1. The molecule has 28 heavy (non-hydrogen) atoms. The molecule has 4 heteroatoms. The third-order valence-corrected chi connectivity index (χ3v) is 5.47. The van der Waals surface area contributed by atoms with Gasteiger partial charge in [0.25, 0.3) is 5.91 Å². The predicted octanol–water partition coefficient (Wildman–Crippen LogP) is 5.61. The number of fused-ring (bicyclic) bond motifs is 1. The van der Waals surface area contributed by atoms with E-state index in [4.69, 9.17) is 4.74 Å². The number of aromatic nitrogens is 1. The van der Waals surface area contributed by atoms with Gasteiger partial charge < -0.3 is 10.1 Å². The molecule has 1 amide bonds. The molecule has 2 aromatic carbocycles. The van der Waals surface area contributed by atoms with E-state index in [0.717, 1.165) is 28.0 Å². The molecule has 0 unspecified atom stereocenters. The first-order valence-corrected chi connectivity index (χ1v) is 10.1. The number of nitrogens with one attached hydrogen (secondary N) is 1. The molecule has 1 N–H and O–H groups in total. The number of benzene rings is 2. The van der Waals surface area contributed by atoms with Crippen molar-refractivity contribution in [3.05, 3.63) is 65.9 Å². The number of aryl methyl sites for hydroxylation is 1. The van der Waals surface area contributed by atoms with E-state index in [1.54, 1.807) is 0 Å². The molecule has 0 radical (unpaired) electrons. The number of carbonyl (C=O) groups is 1. The Morgan fingerprint density at radius 3 is 2.61 bits per heavy atom. The van der Waals surface area contributed by atoms with Gasteiger partial charge in [-0.25, -0.2) is 0 Å². The minimum absolute atomic E-state index is 0.0154. The van der Waals surface area contributed by atoms with Gasteiger partial charge in [0.2, 0.25) is 0 Å². The summed E-state index contributed by atoms with van der Waals surface area (Å²) in [5.74, 6) is 1.23. The number of carbonyl (C=O) groups excluding carboxylic acids is 1. The highest BCUT2D eigenvalue weighted by Crippen LogP contribution is 2.33. The zero-order valence-corrected chi connectivity index (χ0v) is 16.3. The van der Waals surface area contributed by atoms with Crippen molar-refractivity contribution in [2.45, 2.75) is 44.9 Å². The normalized spacial score (nSPS) is 14.8. The molecule has 1 saturated carbocycles. The summed E-state index contributed by atoms with van der Waals surface area (Å²) >= 11 is 0. The molecule has 1 aliphatic rings. The van der Waals surface area contributed by atoms with Crippen molar-refractivity contribution < 1.29 is 9.53 Å². The maximum atomic E-state index is 12.4. The lowest BCUT2D eigenvalue weighted by Gasteiger charge is -2.22. The lowest BCUT2D eigenvalue weighted by molar-refractivity contribution is -0.118. The SMILES string of the molecule is Cc1ccc2c(NC(=O)COc3ccc(C4CCCCC4)cc3)cccc2n1. The van der Waals surface area contributed by atoms with E-state index in [1.165, 1.54) is 37.7 Å².